The van der Waals surface area contributed by atoms with Gasteiger partial charge < -0.3 is 10.2 Å². The highest BCUT2D eigenvalue weighted by Crippen LogP contribution is 2.23. The summed E-state index contributed by atoms with van der Waals surface area (Å²) in [5.74, 6) is 1.54. The number of piperidine rings is 1. The first-order valence-electron chi connectivity index (χ1n) is 8.52. The molecule has 1 aliphatic rings. The molecule has 0 amide bonds. The molecule has 1 aliphatic heterocycles. The number of anilines is 2. The summed E-state index contributed by atoms with van der Waals surface area (Å²) >= 11 is 0. The Kier molecular flexibility index (Phi) is 5.11. The molecule has 0 spiro atoms. The first-order chi connectivity index (χ1) is 12.2. The first-order valence-corrected chi connectivity index (χ1v) is 8.52. The lowest BCUT2D eigenvalue weighted by atomic mass is 10.0. The van der Waals surface area contributed by atoms with Gasteiger partial charge in [-0.2, -0.15) is 10.5 Å². The molecule has 126 valence electrons. The molecule has 3 rings (SSSR count). The van der Waals surface area contributed by atoms with E-state index in [1.807, 2.05) is 31.2 Å². The first kappa shape index (κ1) is 16.7. The molecular formula is C19H20N6. The zero-order chi connectivity index (χ0) is 17.6. The normalized spacial score (nSPS) is 14.6. The molecule has 1 N–H and O–H groups in total. The fourth-order valence-electron chi connectivity index (χ4n) is 3.04. The van der Waals surface area contributed by atoms with Crippen molar-refractivity contribution in [3.05, 3.63) is 47.4 Å². The Bertz CT molecular complexity index is 825. The Hall–Kier alpha value is -3.12. The van der Waals surface area contributed by atoms with Gasteiger partial charge >= 0.3 is 0 Å². The second-order valence-electron chi connectivity index (χ2n) is 6.06. The van der Waals surface area contributed by atoms with Crippen molar-refractivity contribution in [2.75, 3.05) is 23.3 Å². The largest absolute Gasteiger partial charge is 0.381 e. The van der Waals surface area contributed by atoms with Gasteiger partial charge in [0.05, 0.1) is 11.3 Å². The average Bonchev–Trinajstić information content (AvgIpc) is 2.68. The predicted molar refractivity (Wildman–Crippen MR) is 96.1 cm³/mol. The molecule has 0 saturated carbocycles. The van der Waals surface area contributed by atoms with Gasteiger partial charge in [-0.05, 0) is 25.0 Å². The third-order valence-corrected chi connectivity index (χ3v) is 4.42. The second-order valence-corrected chi connectivity index (χ2v) is 6.06. The van der Waals surface area contributed by atoms with Gasteiger partial charge in [-0.15, -0.1) is 0 Å². The number of nitrogens with one attached hydrogen (secondary N) is 1. The highest BCUT2D eigenvalue weighted by atomic mass is 15.2. The van der Waals surface area contributed by atoms with E-state index in [4.69, 9.17) is 5.26 Å². The molecule has 0 aliphatic carbocycles. The van der Waals surface area contributed by atoms with Crippen LogP contribution in [-0.2, 0) is 6.42 Å². The van der Waals surface area contributed by atoms with E-state index in [1.165, 1.54) is 0 Å². The summed E-state index contributed by atoms with van der Waals surface area (Å²) in [5.41, 5.74) is 1.99. The van der Waals surface area contributed by atoms with Crippen LogP contribution in [0.5, 0.6) is 0 Å². The number of benzene rings is 1. The predicted octanol–water partition coefficient (Wildman–Crippen LogP) is 2.86. The van der Waals surface area contributed by atoms with Crippen molar-refractivity contribution >= 4 is 11.5 Å². The lowest BCUT2D eigenvalue weighted by Crippen LogP contribution is -2.39. The molecule has 1 aromatic heterocycles. The van der Waals surface area contributed by atoms with Crippen molar-refractivity contribution in [2.24, 2.45) is 0 Å². The van der Waals surface area contributed by atoms with E-state index in [1.54, 1.807) is 6.07 Å². The van der Waals surface area contributed by atoms with Gasteiger partial charge in [0.15, 0.2) is 0 Å². The Balaban J connectivity index is 1.66. The quantitative estimate of drug-likeness (QED) is 0.926. The molecule has 2 heterocycles. The van der Waals surface area contributed by atoms with Gasteiger partial charge in [-0.25, -0.2) is 9.97 Å². The van der Waals surface area contributed by atoms with Crippen molar-refractivity contribution in [2.45, 2.75) is 32.2 Å². The lowest BCUT2D eigenvalue weighted by Gasteiger charge is -2.34. The fraction of sp³-hybridized carbons (Fsp3) is 0.368. The SMILES string of the molecule is CCc1nc(C#N)cc(N2CCC(Nc3ccccc3C#N)CC2)n1. The number of nitrogens with zero attached hydrogens (tertiary/aromatic N) is 5. The van der Waals surface area contributed by atoms with Gasteiger partial charge in [-0.3, -0.25) is 0 Å². The van der Waals surface area contributed by atoms with Gasteiger partial charge in [-0.1, -0.05) is 19.1 Å². The molecule has 6 heteroatoms. The minimum atomic E-state index is 0.327. The molecule has 0 unspecified atom stereocenters. The standard InChI is InChI=1S/C19H20N6/c1-2-18-23-16(13-21)11-19(24-18)25-9-7-15(8-10-25)22-17-6-4-3-5-14(17)12-20/h3-6,11,15,22H,2,7-10H2,1H3. The Morgan fingerprint density at radius 3 is 2.60 bits per heavy atom. The Labute approximate surface area is 147 Å². The summed E-state index contributed by atoms with van der Waals surface area (Å²) in [6, 6.07) is 14.0. The van der Waals surface area contributed by atoms with E-state index in [-0.39, 0.29) is 0 Å². The number of hydrogen-bond donors (Lipinski definition) is 1. The van der Waals surface area contributed by atoms with Gasteiger partial charge in [0.25, 0.3) is 0 Å². The molecule has 1 aromatic carbocycles. The summed E-state index contributed by atoms with van der Waals surface area (Å²) in [6.45, 7) is 3.71. The molecular weight excluding hydrogens is 312 g/mol. The van der Waals surface area contributed by atoms with Crippen LogP contribution in [0.15, 0.2) is 30.3 Å². The molecule has 1 fully saturated rings. The third-order valence-electron chi connectivity index (χ3n) is 4.42. The summed E-state index contributed by atoms with van der Waals surface area (Å²) < 4.78 is 0. The maximum atomic E-state index is 9.20. The van der Waals surface area contributed by atoms with Crippen molar-refractivity contribution in [1.29, 1.82) is 10.5 Å². The van der Waals surface area contributed by atoms with Crippen LogP contribution >= 0.6 is 0 Å². The molecule has 0 atom stereocenters. The smallest absolute Gasteiger partial charge is 0.146 e. The number of hydrogen-bond acceptors (Lipinski definition) is 6. The van der Waals surface area contributed by atoms with Gasteiger partial charge in [0, 0.05) is 31.6 Å². The summed E-state index contributed by atoms with van der Waals surface area (Å²) in [7, 11) is 0. The van der Waals surface area contributed by atoms with E-state index < -0.39 is 0 Å². The second kappa shape index (κ2) is 7.63. The van der Waals surface area contributed by atoms with E-state index >= 15 is 0 Å². The fourth-order valence-corrected chi connectivity index (χ4v) is 3.04. The molecule has 6 nitrogen and oxygen atoms in total. The van der Waals surface area contributed by atoms with Gasteiger partial charge in [0.2, 0.25) is 0 Å². The van der Waals surface area contributed by atoms with Crippen LogP contribution in [0, 0.1) is 22.7 Å². The maximum absolute atomic E-state index is 9.20. The van der Waals surface area contributed by atoms with E-state index in [0.29, 0.717) is 29.5 Å². The van der Waals surface area contributed by atoms with E-state index in [2.05, 4.69) is 32.3 Å². The van der Waals surface area contributed by atoms with Crippen molar-refractivity contribution in [3.63, 3.8) is 0 Å². The highest BCUT2D eigenvalue weighted by molar-refractivity contribution is 5.57. The monoisotopic (exact) mass is 332 g/mol. The van der Waals surface area contributed by atoms with Crippen molar-refractivity contribution < 1.29 is 0 Å². The summed E-state index contributed by atoms with van der Waals surface area (Å²) in [6.07, 6.45) is 2.62. The summed E-state index contributed by atoms with van der Waals surface area (Å²) in [5, 5.41) is 21.8. The average molecular weight is 332 g/mol. The molecule has 0 bridgehead atoms. The zero-order valence-electron chi connectivity index (χ0n) is 14.2. The van der Waals surface area contributed by atoms with Crippen LogP contribution in [0.3, 0.4) is 0 Å². The van der Waals surface area contributed by atoms with Crippen LogP contribution in [0.1, 0.15) is 36.8 Å². The number of aryl methyl sites for hydroxylation is 1. The molecule has 1 saturated heterocycles. The number of para-hydroxylation sites is 1. The molecule has 2 aromatic rings. The lowest BCUT2D eigenvalue weighted by molar-refractivity contribution is 0.522. The third kappa shape index (κ3) is 3.87. The van der Waals surface area contributed by atoms with Crippen LogP contribution < -0.4 is 10.2 Å². The van der Waals surface area contributed by atoms with Gasteiger partial charge in [0.1, 0.15) is 29.5 Å². The van der Waals surface area contributed by atoms with Crippen LogP contribution in [0.2, 0.25) is 0 Å². The van der Waals surface area contributed by atoms with Crippen molar-refractivity contribution in [1.82, 2.24) is 9.97 Å². The number of rotatable bonds is 4. The van der Waals surface area contributed by atoms with Crippen LogP contribution in [0.25, 0.3) is 0 Å². The highest BCUT2D eigenvalue weighted by Gasteiger charge is 2.21. The molecule has 25 heavy (non-hydrogen) atoms. The van der Waals surface area contributed by atoms with Crippen molar-refractivity contribution in [3.8, 4) is 12.1 Å². The zero-order valence-corrected chi connectivity index (χ0v) is 14.2. The minimum absolute atomic E-state index is 0.327. The van der Waals surface area contributed by atoms with Crippen LogP contribution in [-0.4, -0.2) is 29.1 Å². The maximum Gasteiger partial charge on any atom is 0.146 e. The molecule has 0 radical (unpaired) electrons. The Morgan fingerprint density at radius 1 is 1.16 bits per heavy atom. The Morgan fingerprint density at radius 2 is 1.92 bits per heavy atom. The number of aromatic nitrogens is 2. The summed E-state index contributed by atoms with van der Waals surface area (Å²) in [4.78, 5) is 11.0. The van der Waals surface area contributed by atoms with Crippen LogP contribution in [0.4, 0.5) is 11.5 Å². The minimum Gasteiger partial charge on any atom is -0.381 e. The number of nitriles is 2. The van der Waals surface area contributed by atoms with E-state index in [9.17, 15) is 5.26 Å². The topological polar surface area (TPSA) is 88.6 Å². The van der Waals surface area contributed by atoms with E-state index in [0.717, 1.165) is 37.4 Å².